The van der Waals surface area contributed by atoms with Crippen LogP contribution < -0.4 is 0 Å². The van der Waals surface area contributed by atoms with Crippen molar-refractivity contribution in [2.75, 3.05) is 0 Å². The Bertz CT molecular complexity index is 318. The van der Waals surface area contributed by atoms with Crippen LogP contribution in [0.25, 0.3) is 0 Å². The molecule has 0 aromatic rings. The molecule has 0 saturated heterocycles. The van der Waals surface area contributed by atoms with Crippen LogP contribution in [-0.2, 0) is 4.79 Å². The van der Waals surface area contributed by atoms with Gasteiger partial charge in [0.05, 0.1) is 11.5 Å². The average Bonchev–Trinajstić information content (AvgIpc) is 2.38. The maximum Gasteiger partial charge on any atom is 0.306 e. The molecule has 2 unspecified atom stereocenters. The van der Waals surface area contributed by atoms with Gasteiger partial charge in [-0.25, -0.2) is 0 Å². The summed E-state index contributed by atoms with van der Waals surface area (Å²) < 4.78 is 0. The van der Waals surface area contributed by atoms with E-state index in [0.717, 1.165) is 25.7 Å². The average molecular weight is 298 g/mol. The molecule has 0 aromatic carbocycles. The van der Waals surface area contributed by atoms with E-state index in [1.165, 1.54) is 24.8 Å². The van der Waals surface area contributed by atoms with E-state index in [9.17, 15) is 9.90 Å². The van der Waals surface area contributed by atoms with Gasteiger partial charge in [0.2, 0.25) is 0 Å². The Labute approximate surface area is 130 Å². The predicted molar refractivity (Wildman–Crippen MR) is 88.4 cm³/mol. The topological polar surface area (TPSA) is 57.5 Å². The van der Waals surface area contributed by atoms with Gasteiger partial charge in [-0.2, -0.15) is 0 Å². The van der Waals surface area contributed by atoms with E-state index in [0.29, 0.717) is 12.8 Å². The van der Waals surface area contributed by atoms with Crippen LogP contribution in [0.5, 0.6) is 0 Å². The summed E-state index contributed by atoms with van der Waals surface area (Å²) in [5.74, 6) is -1.07. The first-order valence-corrected chi connectivity index (χ1v) is 8.39. The SMILES string of the molecule is CCCCC/C(C)=C/CCC(C)(O)CCCC(C)C(=O)O. The molecular weight excluding hydrogens is 264 g/mol. The van der Waals surface area contributed by atoms with Gasteiger partial charge in [0.1, 0.15) is 0 Å². The highest BCUT2D eigenvalue weighted by Gasteiger charge is 2.20. The Morgan fingerprint density at radius 3 is 2.48 bits per heavy atom. The lowest BCUT2D eigenvalue weighted by molar-refractivity contribution is -0.141. The zero-order valence-electron chi connectivity index (χ0n) is 14.3. The van der Waals surface area contributed by atoms with Crippen molar-refractivity contribution in [3.8, 4) is 0 Å². The Balaban J connectivity index is 3.90. The quantitative estimate of drug-likeness (QED) is 0.396. The molecule has 0 saturated carbocycles. The van der Waals surface area contributed by atoms with Gasteiger partial charge < -0.3 is 10.2 Å². The Kier molecular flexibility index (Phi) is 10.4. The molecule has 0 aliphatic carbocycles. The number of unbranched alkanes of at least 4 members (excludes halogenated alkanes) is 2. The zero-order valence-corrected chi connectivity index (χ0v) is 14.3. The second kappa shape index (κ2) is 10.8. The Morgan fingerprint density at radius 2 is 1.90 bits per heavy atom. The summed E-state index contributed by atoms with van der Waals surface area (Å²) in [4.78, 5) is 10.7. The van der Waals surface area contributed by atoms with Crippen molar-refractivity contribution in [2.45, 2.75) is 91.1 Å². The summed E-state index contributed by atoms with van der Waals surface area (Å²) in [5, 5.41) is 19.1. The fourth-order valence-corrected chi connectivity index (χ4v) is 2.42. The highest BCUT2D eigenvalue weighted by Crippen LogP contribution is 2.22. The van der Waals surface area contributed by atoms with Crippen molar-refractivity contribution in [2.24, 2.45) is 5.92 Å². The van der Waals surface area contributed by atoms with Crippen molar-refractivity contribution in [3.63, 3.8) is 0 Å². The minimum absolute atomic E-state index is 0.318. The van der Waals surface area contributed by atoms with Crippen LogP contribution in [-0.4, -0.2) is 21.8 Å². The van der Waals surface area contributed by atoms with E-state index in [1.807, 2.05) is 6.92 Å². The molecule has 3 nitrogen and oxygen atoms in total. The maximum atomic E-state index is 10.7. The zero-order chi connectivity index (χ0) is 16.3. The monoisotopic (exact) mass is 298 g/mol. The highest BCUT2D eigenvalue weighted by molar-refractivity contribution is 5.69. The third kappa shape index (κ3) is 11.5. The third-order valence-corrected chi connectivity index (χ3v) is 4.12. The van der Waals surface area contributed by atoms with Crippen LogP contribution in [0.2, 0.25) is 0 Å². The van der Waals surface area contributed by atoms with E-state index < -0.39 is 11.6 Å². The molecule has 0 aromatic heterocycles. The molecule has 0 aliphatic rings. The van der Waals surface area contributed by atoms with E-state index in [4.69, 9.17) is 5.11 Å². The number of carboxylic acid groups (broad SMARTS) is 1. The van der Waals surface area contributed by atoms with Gasteiger partial charge in [-0.15, -0.1) is 0 Å². The summed E-state index contributed by atoms with van der Waals surface area (Å²) in [6, 6.07) is 0. The van der Waals surface area contributed by atoms with Gasteiger partial charge in [-0.05, 0) is 58.8 Å². The number of aliphatic carboxylic acids is 1. The number of carboxylic acids is 1. The van der Waals surface area contributed by atoms with Crippen LogP contribution in [0.15, 0.2) is 11.6 Å². The summed E-state index contributed by atoms with van der Waals surface area (Å²) in [7, 11) is 0. The van der Waals surface area contributed by atoms with Crippen LogP contribution in [0.3, 0.4) is 0 Å². The molecule has 3 heteroatoms. The molecule has 0 amide bonds. The minimum Gasteiger partial charge on any atom is -0.481 e. The number of rotatable bonds is 12. The lowest BCUT2D eigenvalue weighted by Crippen LogP contribution is -2.24. The second-order valence-electron chi connectivity index (χ2n) is 6.67. The fraction of sp³-hybridized carbons (Fsp3) is 0.833. The number of carbonyl (C=O) groups is 1. The molecule has 0 bridgehead atoms. The summed E-state index contributed by atoms with van der Waals surface area (Å²) >= 11 is 0. The number of allylic oxidation sites excluding steroid dienone is 2. The Morgan fingerprint density at radius 1 is 1.24 bits per heavy atom. The maximum absolute atomic E-state index is 10.7. The number of hydrogen-bond donors (Lipinski definition) is 2. The lowest BCUT2D eigenvalue weighted by atomic mass is 9.91. The van der Waals surface area contributed by atoms with Crippen LogP contribution in [0, 0.1) is 5.92 Å². The molecule has 0 rings (SSSR count). The van der Waals surface area contributed by atoms with Crippen LogP contribution in [0.4, 0.5) is 0 Å². The smallest absolute Gasteiger partial charge is 0.306 e. The highest BCUT2D eigenvalue weighted by atomic mass is 16.4. The molecule has 0 heterocycles. The molecule has 0 aliphatic heterocycles. The minimum atomic E-state index is -0.750. The molecular formula is C18H34O3. The van der Waals surface area contributed by atoms with Gasteiger partial charge in [-0.3, -0.25) is 4.79 Å². The predicted octanol–water partition coefficient (Wildman–Crippen LogP) is 4.94. The van der Waals surface area contributed by atoms with Gasteiger partial charge >= 0.3 is 5.97 Å². The van der Waals surface area contributed by atoms with Gasteiger partial charge in [0.25, 0.3) is 0 Å². The first-order chi connectivity index (χ1) is 9.78. The van der Waals surface area contributed by atoms with E-state index in [1.54, 1.807) is 6.92 Å². The molecule has 124 valence electrons. The number of aliphatic hydroxyl groups is 1. The van der Waals surface area contributed by atoms with Crippen molar-refractivity contribution >= 4 is 5.97 Å². The van der Waals surface area contributed by atoms with E-state index in [-0.39, 0.29) is 5.92 Å². The molecule has 0 fully saturated rings. The van der Waals surface area contributed by atoms with Crippen molar-refractivity contribution in [3.05, 3.63) is 11.6 Å². The van der Waals surface area contributed by atoms with Crippen LogP contribution >= 0.6 is 0 Å². The first kappa shape index (κ1) is 20.2. The summed E-state index contributed by atoms with van der Waals surface area (Å²) in [6.45, 7) is 7.96. The fourth-order valence-electron chi connectivity index (χ4n) is 2.42. The first-order valence-electron chi connectivity index (χ1n) is 8.39. The van der Waals surface area contributed by atoms with Gasteiger partial charge in [0.15, 0.2) is 0 Å². The summed E-state index contributed by atoms with van der Waals surface area (Å²) in [5.41, 5.74) is 0.733. The van der Waals surface area contributed by atoms with E-state index >= 15 is 0 Å². The normalized spacial score (nSPS) is 16.5. The van der Waals surface area contributed by atoms with E-state index in [2.05, 4.69) is 19.9 Å². The molecule has 0 spiro atoms. The third-order valence-electron chi connectivity index (χ3n) is 4.12. The van der Waals surface area contributed by atoms with Crippen molar-refractivity contribution in [1.29, 1.82) is 0 Å². The largest absolute Gasteiger partial charge is 0.481 e. The Hall–Kier alpha value is -0.830. The van der Waals surface area contributed by atoms with Gasteiger partial charge in [0, 0.05) is 0 Å². The summed E-state index contributed by atoms with van der Waals surface area (Å²) in [6.07, 6.45) is 10.9. The van der Waals surface area contributed by atoms with Gasteiger partial charge in [-0.1, -0.05) is 38.3 Å². The number of hydrogen-bond acceptors (Lipinski definition) is 2. The van der Waals surface area contributed by atoms with Crippen LogP contribution in [0.1, 0.15) is 85.5 Å². The molecule has 2 atom stereocenters. The molecule has 21 heavy (non-hydrogen) atoms. The molecule has 2 N–H and O–H groups in total. The van der Waals surface area contributed by atoms with Crippen molar-refractivity contribution in [1.82, 2.24) is 0 Å². The standard InChI is InChI=1S/C18H34O3/c1-5-6-7-10-15(2)11-8-13-18(4,21)14-9-12-16(3)17(19)20/h11,16,21H,5-10,12-14H2,1-4H3,(H,19,20)/b15-11+. The second-order valence-corrected chi connectivity index (χ2v) is 6.67. The molecule has 0 radical (unpaired) electrons. The lowest BCUT2D eigenvalue weighted by Gasteiger charge is -2.23. The van der Waals surface area contributed by atoms with Crippen molar-refractivity contribution < 1.29 is 15.0 Å².